The normalized spacial score (nSPS) is 15.1. The summed E-state index contributed by atoms with van der Waals surface area (Å²) in [5.74, 6) is -3.82. The summed E-state index contributed by atoms with van der Waals surface area (Å²) in [5, 5.41) is 8.81. The maximum absolute atomic E-state index is 13.4. The molecule has 0 unspecified atom stereocenters. The Morgan fingerprint density at radius 1 is 1.02 bits per heavy atom. The number of hydrogen-bond donors (Lipinski definition) is 3. The van der Waals surface area contributed by atoms with Crippen molar-refractivity contribution < 1.29 is 31.5 Å². The van der Waals surface area contributed by atoms with Gasteiger partial charge in [-0.05, 0) is 55.6 Å². The molecule has 0 atom stereocenters. The molecule has 1 aliphatic rings. The Balaban J connectivity index is 1.33. The number of carbonyl (C=O) groups is 2. The van der Waals surface area contributed by atoms with E-state index in [1.54, 1.807) is 19.1 Å². The van der Waals surface area contributed by atoms with E-state index in [-0.39, 0.29) is 36.4 Å². The third-order valence-corrected chi connectivity index (χ3v) is 7.02. The van der Waals surface area contributed by atoms with Crippen molar-refractivity contribution in [1.82, 2.24) is 24.6 Å². The van der Waals surface area contributed by atoms with Crippen LogP contribution in [-0.4, -0.2) is 62.9 Å². The van der Waals surface area contributed by atoms with Crippen molar-refractivity contribution >= 4 is 39.9 Å². The summed E-state index contributed by atoms with van der Waals surface area (Å²) in [4.78, 5) is 34.6. The first-order chi connectivity index (χ1) is 18.8. The fraction of sp³-hybridized carbons (Fsp3) is 0.400. The molecule has 0 radical (unpaired) electrons. The van der Waals surface area contributed by atoms with Crippen molar-refractivity contribution in [3.8, 4) is 0 Å². The lowest BCUT2D eigenvalue weighted by Gasteiger charge is -2.32. The van der Waals surface area contributed by atoms with Gasteiger partial charge in [-0.2, -0.15) is 26.3 Å². The molecule has 4 rings (SSSR count). The Labute approximate surface area is 230 Å². The van der Waals surface area contributed by atoms with E-state index in [0.717, 1.165) is 23.9 Å². The highest BCUT2D eigenvalue weighted by molar-refractivity contribution is 7.10. The van der Waals surface area contributed by atoms with Gasteiger partial charge in [-0.1, -0.05) is 0 Å². The van der Waals surface area contributed by atoms with Crippen LogP contribution in [0.2, 0.25) is 0 Å². The molecule has 40 heavy (non-hydrogen) atoms. The van der Waals surface area contributed by atoms with Crippen LogP contribution in [0, 0.1) is 6.92 Å². The number of hydrogen-bond acceptors (Lipinski definition) is 8. The molecular formula is C25H26F5N7O2S. The van der Waals surface area contributed by atoms with E-state index in [9.17, 15) is 31.5 Å². The van der Waals surface area contributed by atoms with Gasteiger partial charge in [-0.3, -0.25) is 14.5 Å². The van der Waals surface area contributed by atoms with Crippen LogP contribution in [0.1, 0.15) is 51.9 Å². The monoisotopic (exact) mass is 583 g/mol. The summed E-state index contributed by atoms with van der Waals surface area (Å²) in [6, 6.07) is 5.94. The molecule has 1 saturated heterocycles. The first kappa shape index (κ1) is 29.3. The van der Waals surface area contributed by atoms with Crippen LogP contribution in [0.25, 0.3) is 0 Å². The minimum atomic E-state index is -4.25. The van der Waals surface area contributed by atoms with Crippen molar-refractivity contribution in [3.63, 3.8) is 0 Å². The summed E-state index contributed by atoms with van der Waals surface area (Å²) < 4.78 is 68.7. The molecule has 214 valence electrons. The summed E-state index contributed by atoms with van der Waals surface area (Å²) in [7, 11) is 0. The van der Waals surface area contributed by atoms with E-state index in [1.807, 2.05) is 0 Å². The second kappa shape index (κ2) is 11.8. The van der Waals surface area contributed by atoms with Crippen LogP contribution in [0.5, 0.6) is 0 Å². The standard InChI is InChI=1S/C25H26F5N7O2S/c1-14-20(23(40-36-14)35-19-12-31-18(11-32-19)24(2,26)27)22(39)34-16-5-3-15(4-6-16)21(38)33-17-7-9-37(10-8-17)13-25(28,29)30/h3-6,11-12,17H,7-10,13H2,1-2H3,(H,32,35)(H,33,38)(H,34,39). The maximum atomic E-state index is 13.4. The maximum Gasteiger partial charge on any atom is 0.401 e. The second-order valence-corrected chi connectivity index (χ2v) is 10.2. The molecular weight excluding hydrogens is 557 g/mol. The fourth-order valence-corrected chi connectivity index (χ4v) is 4.92. The number of carbonyl (C=O) groups excluding carboxylic acids is 2. The van der Waals surface area contributed by atoms with Crippen LogP contribution in [0.15, 0.2) is 36.7 Å². The summed E-state index contributed by atoms with van der Waals surface area (Å²) in [5.41, 5.74) is 0.932. The molecule has 1 aromatic carbocycles. The van der Waals surface area contributed by atoms with E-state index in [1.165, 1.54) is 17.0 Å². The van der Waals surface area contributed by atoms with Gasteiger partial charge in [0.1, 0.15) is 16.5 Å². The van der Waals surface area contributed by atoms with E-state index in [2.05, 4.69) is 30.3 Å². The molecule has 3 aromatic rings. The number of benzene rings is 1. The fourth-order valence-electron chi connectivity index (χ4n) is 4.11. The molecule has 0 aliphatic carbocycles. The molecule has 1 aliphatic heterocycles. The molecule has 1 fully saturated rings. The number of anilines is 3. The third-order valence-electron chi connectivity index (χ3n) is 6.16. The number of nitrogens with one attached hydrogen (secondary N) is 3. The van der Waals surface area contributed by atoms with Gasteiger partial charge in [0.25, 0.3) is 17.7 Å². The summed E-state index contributed by atoms with van der Waals surface area (Å²) in [6.45, 7) is 1.89. The van der Waals surface area contributed by atoms with E-state index in [4.69, 9.17) is 0 Å². The molecule has 0 saturated carbocycles. The number of rotatable bonds is 8. The van der Waals surface area contributed by atoms with E-state index < -0.39 is 30.2 Å². The van der Waals surface area contributed by atoms with Crippen molar-refractivity contribution in [3.05, 3.63) is 59.2 Å². The summed E-state index contributed by atoms with van der Waals surface area (Å²) >= 11 is 0.996. The van der Waals surface area contributed by atoms with Gasteiger partial charge in [0.2, 0.25) is 0 Å². The Morgan fingerprint density at radius 3 is 2.27 bits per heavy atom. The SMILES string of the molecule is Cc1nsc(Nc2cnc(C(C)(F)F)cn2)c1C(=O)Nc1ccc(C(=O)NC2CCN(CC(F)(F)F)CC2)cc1. The zero-order chi connectivity index (χ0) is 29.1. The van der Waals surface area contributed by atoms with E-state index in [0.29, 0.717) is 41.7 Å². The number of aromatic nitrogens is 3. The van der Waals surface area contributed by atoms with Gasteiger partial charge in [-0.25, -0.2) is 9.97 Å². The number of likely N-dealkylation sites (tertiary alicyclic amines) is 1. The molecule has 15 heteroatoms. The van der Waals surface area contributed by atoms with Crippen molar-refractivity contribution in [2.75, 3.05) is 30.3 Å². The number of nitrogens with zero attached hydrogens (tertiary/aromatic N) is 4. The number of piperidine rings is 1. The molecule has 0 bridgehead atoms. The average molecular weight is 584 g/mol. The Hall–Kier alpha value is -3.72. The lowest BCUT2D eigenvalue weighted by molar-refractivity contribution is -0.148. The first-order valence-electron chi connectivity index (χ1n) is 12.2. The minimum Gasteiger partial charge on any atom is -0.349 e. The number of amides is 2. The number of alkyl halides is 5. The predicted octanol–water partition coefficient (Wildman–Crippen LogP) is 5.11. The van der Waals surface area contributed by atoms with Crippen LogP contribution in [0.4, 0.5) is 38.5 Å². The average Bonchev–Trinajstić information content (AvgIpc) is 3.24. The number of aryl methyl sites for hydroxylation is 1. The largest absolute Gasteiger partial charge is 0.401 e. The third kappa shape index (κ3) is 7.69. The van der Waals surface area contributed by atoms with Gasteiger partial charge >= 0.3 is 6.18 Å². The Morgan fingerprint density at radius 2 is 1.70 bits per heavy atom. The lowest BCUT2D eigenvalue weighted by atomic mass is 10.0. The van der Waals surface area contributed by atoms with Gasteiger partial charge < -0.3 is 16.0 Å². The second-order valence-electron chi connectivity index (χ2n) is 9.44. The molecule has 0 spiro atoms. The lowest BCUT2D eigenvalue weighted by Crippen LogP contribution is -2.47. The topological polar surface area (TPSA) is 112 Å². The van der Waals surface area contributed by atoms with Crippen LogP contribution < -0.4 is 16.0 Å². The van der Waals surface area contributed by atoms with Crippen molar-refractivity contribution in [2.24, 2.45) is 0 Å². The predicted molar refractivity (Wildman–Crippen MR) is 139 cm³/mol. The molecule has 2 aromatic heterocycles. The molecule has 2 amide bonds. The first-order valence-corrected chi connectivity index (χ1v) is 13.0. The Kier molecular flexibility index (Phi) is 8.63. The van der Waals surface area contributed by atoms with Crippen LogP contribution >= 0.6 is 11.5 Å². The highest BCUT2D eigenvalue weighted by atomic mass is 32.1. The smallest absolute Gasteiger partial charge is 0.349 e. The highest BCUT2D eigenvalue weighted by Crippen LogP contribution is 2.29. The quantitative estimate of drug-likeness (QED) is 0.316. The molecule has 3 N–H and O–H groups in total. The summed E-state index contributed by atoms with van der Waals surface area (Å²) in [6.07, 6.45) is -1.33. The highest BCUT2D eigenvalue weighted by Gasteiger charge is 2.33. The Bertz CT molecular complexity index is 1330. The van der Waals surface area contributed by atoms with Crippen molar-refractivity contribution in [1.29, 1.82) is 0 Å². The van der Waals surface area contributed by atoms with Gasteiger partial charge in [0.05, 0.1) is 30.2 Å². The van der Waals surface area contributed by atoms with Gasteiger partial charge in [0, 0.05) is 37.3 Å². The van der Waals surface area contributed by atoms with Crippen LogP contribution in [0.3, 0.4) is 0 Å². The van der Waals surface area contributed by atoms with E-state index >= 15 is 0 Å². The van der Waals surface area contributed by atoms with Gasteiger partial charge in [-0.15, -0.1) is 0 Å². The van der Waals surface area contributed by atoms with Gasteiger partial charge in [0.15, 0.2) is 0 Å². The van der Waals surface area contributed by atoms with Crippen LogP contribution in [-0.2, 0) is 5.92 Å². The number of halogens is 5. The van der Waals surface area contributed by atoms with Crippen molar-refractivity contribution in [2.45, 2.75) is 44.8 Å². The molecule has 9 nitrogen and oxygen atoms in total. The minimum absolute atomic E-state index is 0.159. The zero-order valence-corrected chi connectivity index (χ0v) is 22.3. The molecule has 3 heterocycles. The zero-order valence-electron chi connectivity index (χ0n) is 21.5.